The standard InChI is InChI=1S/C29H34N2O3S/c1-20-9-16-28(17-21(20)2)31(35(4,33)34)19-23-10-12-25(13-11-23)29(32)30-22(3)26-15-14-24-7-5-6-8-27(24)18-26/h9-18,22H,5-8,19H2,1-4H3,(H,30,32). The van der Waals surface area contributed by atoms with Crippen molar-refractivity contribution in [2.24, 2.45) is 0 Å². The Kier molecular flexibility index (Phi) is 7.31. The molecule has 6 heteroatoms. The van der Waals surface area contributed by atoms with Crippen molar-refractivity contribution in [3.63, 3.8) is 0 Å². The molecule has 35 heavy (non-hydrogen) atoms. The fourth-order valence-corrected chi connectivity index (χ4v) is 5.47. The number of carbonyl (C=O) groups excluding carboxylic acids is 1. The van der Waals surface area contributed by atoms with E-state index < -0.39 is 10.0 Å². The van der Waals surface area contributed by atoms with E-state index in [1.54, 1.807) is 12.1 Å². The Morgan fingerprint density at radius 1 is 0.914 bits per heavy atom. The molecule has 0 saturated heterocycles. The van der Waals surface area contributed by atoms with E-state index in [9.17, 15) is 13.2 Å². The molecule has 184 valence electrons. The third-order valence-electron chi connectivity index (χ3n) is 6.94. The minimum Gasteiger partial charge on any atom is -0.346 e. The maximum Gasteiger partial charge on any atom is 0.251 e. The molecule has 4 rings (SSSR count). The zero-order valence-corrected chi connectivity index (χ0v) is 21.8. The van der Waals surface area contributed by atoms with Gasteiger partial charge in [-0.25, -0.2) is 8.42 Å². The average Bonchev–Trinajstić information content (AvgIpc) is 2.83. The lowest BCUT2D eigenvalue weighted by Crippen LogP contribution is -2.29. The Morgan fingerprint density at radius 3 is 2.26 bits per heavy atom. The van der Waals surface area contributed by atoms with Crippen molar-refractivity contribution in [1.29, 1.82) is 0 Å². The average molecular weight is 491 g/mol. The van der Waals surface area contributed by atoms with Crippen molar-refractivity contribution in [1.82, 2.24) is 5.32 Å². The number of anilines is 1. The van der Waals surface area contributed by atoms with E-state index in [-0.39, 0.29) is 18.5 Å². The summed E-state index contributed by atoms with van der Waals surface area (Å²) >= 11 is 0. The number of hydrogen-bond acceptors (Lipinski definition) is 3. The van der Waals surface area contributed by atoms with Crippen molar-refractivity contribution < 1.29 is 13.2 Å². The number of rotatable bonds is 7. The molecular formula is C29H34N2O3S. The van der Waals surface area contributed by atoms with Gasteiger partial charge in [-0.1, -0.05) is 36.4 Å². The molecule has 3 aromatic rings. The highest BCUT2D eigenvalue weighted by Crippen LogP contribution is 2.26. The largest absolute Gasteiger partial charge is 0.346 e. The van der Waals surface area contributed by atoms with Crippen molar-refractivity contribution >= 4 is 21.6 Å². The summed E-state index contributed by atoms with van der Waals surface area (Å²) in [6.07, 6.45) is 5.94. The third kappa shape index (κ3) is 5.93. The number of amides is 1. The summed E-state index contributed by atoms with van der Waals surface area (Å²) in [5.41, 5.74) is 8.10. The van der Waals surface area contributed by atoms with Gasteiger partial charge in [-0.2, -0.15) is 0 Å². The highest BCUT2D eigenvalue weighted by atomic mass is 32.2. The van der Waals surface area contributed by atoms with Crippen LogP contribution in [0.25, 0.3) is 0 Å². The third-order valence-corrected chi connectivity index (χ3v) is 8.08. The van der Waals surface area contributed by atoms with E-state index in [0.29, 0.717) is 11.3 Å². The molecule has 1 atom stereocenters. The fourth-order valence-electron chi connectivity index (χ4n) is 4.59. The fraction of sp³-hybridized carbons (Fsp3) is 0.345. The van der Waals surface area contributed by atoms with Crippen LogP contribution in [0.2, 0.25) is 0 Å². The second-order valence-corrected chi connectivity index (χ2v) is 11.6. The van der Waals surface area contributed by atoms with Crippen molar-refractivity contribution in [3.05, 3.63) is 99.6 Å². The van der Waals surface area contributed by atoms with E-state index in [1.165, 1.54) is 34.5 Å². The topological polar surface area (TPSA) is 66.5 Å². The predicted octanol–water partition coefficient (Wildman–Crippen LogP) is 5.64. The molecule has 5 nitrogen and oxygen atoms in total. The minimum absolute atomic E-state index is 0.0973. The zero-order chi connectivity index (χ0) is 25.2. The van der Waals surface area contributed by atoms with Crippen molar-refractivity contribution in [3.8, 4) is 0 Å². The highest BCUT2D eigenvalue weighted by Gasteiger charge is 2.19. The maximum atomic E-state index is 12.9. The number of hydrogen-bond donors (Lipinski definition) is 1. The van der Waals surface area contributed by atoms with Gasteiger partial charge in [-0.15, -0.1) is 0 Å². The molecule has 1 unspecified atom stereocenters. The van der Waals surface area contributed by atoms with Gasteiger partial charge in [0.15, 0.2) is 0 Å². The second kappa shape index (κ2) is 10.2. The van der Waals surface area contributed by atoms with E-state index in [4.69, 9.17) is 0 Å². The summed E-state index contributed by atoms with van der Waals surface area (Å²) in [5.74, 6) is -0.143. The second-order valence-electron chi connectivity index (χ2n) is 9.67. The molecule has 1 aliphatic rings. The van der Waals surface area contributed by atoms with Crippen LogP contribution in [0.15, 0.2) is 60.7 Å². The van der Waals surface area contributed by atoms with Gasteiger partial charge < -0.3 is 5.32 Å². The lowest BCUT2D eigenvalue weighted by Gasteiger charge is -2.23. The number of carbonyl (C=O) groups is 1. The van der Waals surface area contributed by atoms with Crippen LogP contribution in [0.4, 0.5) is 5.69 Å². The molecule has 0 aromatic heterocycles. The molecule has 1 amide bonds. The number of aryl methyl sites for hydroxylation is 4. The molecule has 0 radical (unpaired) electrons. The number of sulfonamides is 1. The Hall–Kier alpha value is -3.12. The van der Waals surface area contributed by atoms with Crippen molar-refractivity contribution in [2.45, 2.75) is 59.0 Å². The van der Waals surface area contributed by atoms with Crippen LogP contribution >= 0.6 is 0 Å². The molecule has 0 spiro atoms. The number of benzene rings is 3. The first-order valence-electron chi connectivity index (χ1n) is 12.2. The van der Waals surface area contributed by atoms with Gasteiger partial charge in [0.1, 0.15) is 0 Å². The molecule has 1 aliphatic carbocycles. The lowest BCUT2D eigenvalue weighted by molar-refractivity contribution is 0.0940. The van der Waals surface area contributed by atoms with Crippen LogP contribution in [0.5, 0.6) is 0 Å². The summed E-state index contributed by atoms with van der Waals surface area (Å²) in [4.78, 5) is 12.9. The van der Waals surface area contributed by atoms with Crippen LogP contribution in [-0.4, -0.2) is 20.6 Å². The zero-order valence-electron chi connectivity index (χ0n) is 21.0. The normalized spacial score (nSPS) is 14.2. The van der Waals surface area contributed by atoms with Gasteiger partial charge in [0.05, 0.1) is 24.5 Å². The Bertz CT molecular complexity index is 1330. The number of fused-ring (bicyclic) bond motifs is 1. The van der Waals surface area contributed by atoms with Crippen LogP contribution in [0.1, 0.15) is 69.5 Å². The molecule has 0 saturated carbocycles. The van der Waals surface area contributed by atoms with Gasteiger partial charge in [0.2, 0.25) is 10.0 Å². The first kappa shape index (κ1) is 25.0. The van der Waals surface area contributed by atoms with Gasteiger partial charge in [-0.3, -0.25) is 9.10 Å². The monoisotopic (exact) mass is 490 g/mol. The van der Waals surface area contributed by atoms with Crippen molar-refractivity contribution in [2.75, 3.05) is 10.6 Å². The molecular weight excluding hydrogens is 456 g/mol. The predicted molar refractivity (Wildman–Crippen MR) is 142 cm³/mol. The van der Waals surface area contributed by atoms with Gasteiger partial charge >= 0.3 is 0 Å². The molecule has 0 fully saturated rings. The molecule has 0 bridgehead atoms. The van der Waals surface area contributed by atoms with E-state index in [2.05, 4.69) is 23.5 Å². The van der Waals surface area contributed by atoms with Crippen LogP contribution in [0, 0.1) is 13.8 Å². The van der Waals surface area contributed by atoms with Crippen LogP contribution < -0.4 is 9.62 Å². The summed E-state index contributed by atoms with van der Waals surface area (Å²) < 4.78 is 26.4. The lowest BCUT2D eigenvalue weighted by atomic mass is 9.89. The minimum atomic E-state index is -3.47. The quantitative estimate of drug-likeness (QED) is 0.466. The van der Waals surface area contributed by atoms with Crippen LogP contribution in [0.3, 0.4) is 0 Å². The van der Waals surface area contributed by atoms with E-state index >= 15 is 0 Å². The van der Waals surface area contributed by atoms with E-state index in [1.807, 2.05) is 51.1 Å². The smallest absolute Gasteiger partial charge is 0.251 e. The molecule has 0 heterocycles. The first-order valence-corrected chi connectivity index (χ1v) is 14.0. The molecule has 3 aromatic carbocycles. The van der Waals surface area contributed by atoms with Gasteiger partial charge in [0.25, 0.3) is 5.91 Å². The maximum absolute atomic E-state index is 12.9. The van der Waals surface area contributed by atoms with Gasteiger partial charge in [-0.05, 0) is 104 Å². The molecule has 0 aliphatic heterocycles. The number of nitrogens with zero attached hydrogens (tertiary/aromatic N) is 1. The van der Waals surface area contributed by atoms with E-state index in [0.717, 1.165) is 35.1 Å². The Labute approximate surface area is 209 Å². The Morgan fingerprint density at radius 2 is 1.60 bits per heavy atom. The SMILES string of the molecule is Cc1ccc(N(Cc2ccc(C(=O)NC(C)c3ccc4c(c3)CCCC4)cc2)S(C)(=O)=O)cc1C. The molecule has 1 N–H and O–H groups in total. The number of nitrogens with one attached hydrogen (secondary N) is 1. The van der Waals surface area contributed by atoms with Gasteiger partial charge in [0, 0.05) is 5.56 Å². The summed E-state index contributed by atoms with van der Waals surface area (Å²) in [6, 6.07) is 19.2. The summed E-state index contributed by atoms with van der Waals surface area (Å²) in [7, 11) is -3.47. The van der Waals surface area contributed by atoms with Crippen LogP contribution in [-0.2, 0) is 29.4 Å². The summed E-state index contributed by atoms with van der Waals surface area (Å²) in [5, 5.41) is 3.10. The Balaban J connectivity index is 1.45. The first-order chi connectivity index (χ1) is 16.6. The highest BCUT2D eigenvalue weighted by molar-refractivity contribution is 7.92. The summed E-state index contributed by atoms with van der Waals surface area (Å²) in [6.45, 7) is 6.18.